The Kier molecular flexibility index (Phi) is 5.43. The van der Waals surface area contributed by atoms with Crippen LogP contribution in [0.15, 0.2) is 0 Å². The predicted molar refractivity (Wildman–Crippen MR) is 75.1 cm³/mol. The van der Waals surface area contributed by atoms with Gasteiger partial charge in [-0.25, -0.2) is 9.59 Å². The van der Waals surface area contributed by atoms with Crippen LogP contribution in [0.4, 0.5) is 4.79 Å². The largest absolute Gasteiger partial charge is 0.480 e. The second-order valence-corrected chi connectivity index (χ2v) is 6.13. The quantitative estimate of drug-likeness (QED) is 0.776. The number of hydrogen-bond acceptors (Lipinski definition) is 3. The van der Waals surface area contributed by atoms with Crippen LogP contribution in [0, 0.1) is 23.2 Å². The third kappa shape index (κ3) is 5.12. The molecule has 0 aromatic heterocycles. The Morgan fingerprint density at radius 3 is 2.55 bits per heavy atom. The van der Waals surface area contributed by atoms with Crippen molar-refractivity contribution in [2.24, 2.45) is 11.3 Å². The van der Waals surface area contributed by atoms with Crippen LogP contribution in [0.2, 0.25) is 0 Å². The number of alkyl carbamates (subject to hydrolysis) is 1. The molecule has 0 aliphatic heterocycles. The van der Waals surface area contributed by atoms with Gasteiger partial charge in [-0.1, -0.05) is 27.7 Å². The molecule has 2 N–H and O–H groups in total. The van der Waals surface area contributed by atoms with Crippen molar-refractivity contribution < 1.29 is 19.4 Å². The van der Waals surface area contributed by atoms with Crippen molar-refractivity contribution in [2.45, 2.75) is 59.1 Å². The van der Waals surface area contributed by atoms with Crippen molar-refractivity contribution in [1.82, 2.24) is 5.32 Å². The number of carboxylic acids is 1. The van der Waals surface area contributed by atoms with Gasteiger partial charge in [-0.05, 0) is 11.8 Å². The van der Waals surface area contributed by atoms with Crippen molar-refractivity contribution in [3.8, 4) is 11.8 Å². The molecule has 0 spiro atoms. The number of amides is 1. The SMILES string of the molecule is CCC#CCC1CC1OC(=O)NC(C(=O)O)C(C)(C)C. The van der Waals surface area contributed by atoms with Gasteiger partial charge < -0.3 is 15.2 Å². The molecule has 0 heterocycles. The number of carbonyl (C=O) groups excluding carboxylic acids is 1. The third-order valence-electron chi connectivity index (χ3n) is 3.16. The molecule has 3 unspecified atom stereocenters. The minimum atomic E-state index is -1.06. The van der Waals surface area contributed by atoms with Crippen molar-refractivity contribution in [1.29, 1.82) is 0 Å². The maximum absolute atomic E-state index is 11.7. The summed E-state index contributed by atoms with van der Waals surface area (Å²) in [4.78, 5) is 22.8. The van der Waals surface area contributed by atoms with E-state index in [0.29, 0.717) is 0 Å². The zero-order valence-electron chi connectivity index (χ0n) is 12.5. The topological polar surface area (TPSA) is 75.6 Å². The molecule has 0 radical (unpaired) electrons. The molecule has 1 saturated carbocycles. The molecule has 3 atom stereocenters. The number of carboxylic acid groups (broad SMARTS) is 1. The van der Waals surface area contributed by atoms with Crippen molar-refractivity contribution in [3.05, 3.63) is 0 Å². The Balaban J connectivity index is 2.39. The maximum Gasteiger partial charge on any atom is 0.408 e. The number of aliphatic carboxylic acids is 1. The Bertz CT molecular complexity index is 427. The van der Waals surface area contributed by atoms with Gasteiger partial charge in [0, 0.05) is 18.8 Å². The molecule has 1 amide bonds. The average molecular weight is 281 g/mol. The molecule has 1 aliphatic rings. The van der Waals surface area contributed by atoms with Crippen LogP contribution < -0.4 is 5.32 Å². The van der Waals surface area contributed by atoms with Gasteiger partial charge in [-0.3, -0.25) is 0 Å². The number of ether oxygens (including phenoxy) is 1. The van der Waals surface area contributed by atoms with E-state index in [2.05, 4.69) is 17.2 Å². The van der Waals surface area contributed by atoms with E-state index in [1.807, 2.05) is 6.92 Å². The monoisotopic (exact) mass is 281 g/mol. The highest BCUT2D eigenvalue weighted by Gasteiger charge is 2.41. The second kappa shape index (κ2) is 6.65. The summed E-state index contributed by atoms with van der Waals surface area (Å²) in [5.41, 5.74) is -0.569. The molecule has 112 valence electrons. The van der Waals surface area contributed by atoms with E-state index in [1.165, 1.54) is 0 Å². The fourth-order valence-corrected chi connectivity index (χ4v) is 1.85. The standard InChI is InChI=1S/C15H23NO4/c1-5-6-7-8-10-9-11(10)20-14(19)16-12(13(17)18)15(2,3)4/h10-12H,5,8-9H2,1-4H3,(H,16,19)(H,17,18). The first-order valence-electron chi connectivity index (χ1n) is 6.91. The first kappa shape index (κ1) is 16.4. The Morgan fingerprint density at radius 1 is 1.40 bits per heavy atom. The average Bonchev–Trinajstić information content (AvgIpc) is 3.03. The molecule has 1 aliphatic carbocycles. The summed E-state index contributed by atoms with van der Waals surface area (Å²) in [6.45, 7) is 7.25. The summed E-state index contributed by atoms with van der Waals surface area (Å²) < 4.78 is 5.20. The highest BCUT2D eigenvalue weighted by molar-refractivity contribution is 5.80. The lowest BCUT2D eigenvalue weighted by molar-refractivity contribution is -0.142. The zero-order valence-corrected chi connectivity index (χ0v) is 12.5. The molecule has 0 aromatic carbocycles. The summed E-state index contributed by atoms with van der Waals surface area (Å²) in [6.07, 6.45) is 1.57. The van der Waals surface area contributed by atoms with Crippen LogP contribution in [0.1, 0.15) is 47.0 Å². The van der Waals surface area contributed by atoms with Gasteiger partial charge in [0.2, 0.25) is 0 Å². The molecule has 0 saturated heterocycles. The normalized spacial score (nSPS) is 22.2. The highest BCUT2D eigenvalue weighted by atomic mass is 16.6. The van der Waals surface area contributed by atoms with E-state index in [1.54, 1.807) is 20.8 Å². The summed E-state index contributed by atoms with van der Waals surface area (Å²) >= 11 is 0. The first-order valence-corrected chi connectivity index (χ1v) is 6.91. The van der Waals surface area contributed by atoms with Crippen LogP contribution in [-0.2, 0) is 9.53 Å². The van der Waals surface area contributed by atoms with Crippen molar-refractivity contribution in [3.63, 3.8) is 0 Å². The highest BCUT2D eigenvalue weighted by Crippen LogP contribution is 2.36. The van der Waals surface area contributed by atoms with Crippen LogP contribution >= 0.6 is 0 Å². The molecular formula is C15H23NO4. The number of nitrogens with one attached hydrogen (secondary N) is 1. The van der Waals surface area contributed by atoms with E-state index in [9.17, 15) is 9.59 Å². The zero-order chi connectivity index (χ0) is 15.3. The smallest absolute Gasteiger partial charge is 0.408 e. The van der Waals surface area contributed by atoms with E-state index in [4.69, 9.17) is 9.84 Å². The van der Waals surface area contributed by atoms with Crippen LogP contribution in [-0.4, -0.2) is 29.3 Å². The number of carbonyl (C=O) groups is 2. The molecule has 1 rings (SSSR count). The number of rotatable bonds is 4. The predicted octanol–water partition coefficient (Wildman–Crippen LogP) is 2.40. The lowest BCUT2D eigenvalue weighted by Crippen LogP contribution is -2.49. The van der Waals surface area contributed by atoms with Gasteiger partial charge in [0.25, 0.3) is 0 Å². The summed E-state index contributed by atoms with van der Waals surface area (Å²) in [5, 5.41) is 11.5. The molecule has 0 bridgehead atoms. The Labute approximate surface area is 120 Å². The second-order valence-electron chi connectivity index (χ2n) is 6.13. The van der Waals surface area contributed by atoms with E-state index in [0.717, 1.165) is 19.3 Å². The van der Waals surface area contributed by atoms with E-state index >= 15 is 0 Å². The fraction of sp³-hybridized carbons (Fsp3) is 0.733. The lowest BCUT2D eigenvalue weighted by atomic mass is 9.87. The van der Waals surface area contributed by atoms with Gasteiger partial charge in [0.05, 0.1) is 0 Å². The van der Waals surface area contributed by atoms with E-state index in [-0.39, 0.29) is 12.0 Å². The molecule has 5 nitrogen and oxygen atoms in total. The van der Waals surface area contributed by atoms with Crippen molar-refractivity contribution in [2.75, 3.05) is 0 Å². The molecule has 5 heteroatoms. The third-order valence-corrected chi connectivity index (χ3v) is 3.16. The summed E-state index contributed by atoms with van der Waals surface area (Å²) in [5.74, 6) is 5.23. The summed E-state index contributed by atoms with van der Waals surface area (Å²) in [7, 11) is 0. The van der Waals surface area contributed by atoms with E-state index < -0.39 is 23.5 Å². The molecular weight excluding hydrogens is 258 g/mol. The van der Waals surface area contributed by atoms with Gasteiger partial charge in [-0.2, -0.15) is 0 Å². The van der Waals surface area contributed by atoms with Gasteiger partial charge in [0.15, 0.2) is 0 Å². The maximum atomic E-state index is 11.7. The van der Waals surface area contributed by atoms with Crippen LogP contribution in [0.3, 0.4) is 0 Å². The number of hydrogen-bond donors (Lipinski definition) is 2. The van der Waals surface area contributed by atoms with Gasteiger partial charge in [0.1, 0.15) is 12.1 Å². The van der Waals surface area contributed by atoms with Crippen molar-refractivity contribution >= 4 is 12.1 Å². The minimum Gasteiger partial charge on any atom is -0.480 e. The fourth-order valence-electron chi connectivity index (χ4n) is 1.85. The lowest BCUT2D eigenvalue weighted by Gasteiger charge is -2.27. The van der Waals surface area contributed by atoms with Gasteiger partial charge in [-0.15, -0.1) is 11.8 Å². The Hall–Kier alpha value is -1.70. The molecule has 1 fully saturated rings. The first-order chi connectivity index (χ1) is 9.25. The minimum absolute atomic E-state index is 0.129. The van der Waals surface area contributed by atoms with Crippen LogP contribution in [0.5, 0.6) is 0 Å². The molecule has 20 heavy (non-hydrogen) atoms. The van der Waals surface area contributed by atoms with Gasteiger partial charge >= 0.3 is 12.1 Å². The Morgan fingerprint density at radius 2 is 2.05 bits per heavy atom. The van der Waals surface area contributed by atoms with Crippen LogP contribution in [0.25, 0.3) is 0 Å². The molecule has 0 aromatic rings. The summed E-state index contributed by atoms with van der Waals surface area (Å²) in [6, 6.07) is -0.966.